The first-order valence-electron chi connectivity index (χ1n) is 12.2. The molecule has 0 atom stereocenters. The molecule has 6 heteroatoms. The average Bonchev–Trinajstić information content (AvgIpc) is 2.75. The van der Waals surface area contributed by atoms with Crippen molar-refractivity contribution in [2.24, 2.45) is 5.73 Å². The van der Waals surface area contributed by atoms with Crippen molar-refractivity contribution in [1.82, 2.24) is 0 Å². The van der Waals surface area contributed by atoms with Gasteiger partial charge in [-0.3, -0.25) is 0 Å². The van der Waals surface area contributed by atoms with Crippen LogP contribution in [0.3, 0.4) is 0 Å². The van der Waals surface area contributed by atoms with Crippen LogP contribution in [0.15, 0.2) is 12.2 Å². The summed E-state index contributed by atoms with van der Waals surface area (Å²) in [6.07, 6.45) is 27.3. The number of hydrogen-bond donors (Lipinski definition) is 1. The van der Waals surface area contributed by atoms with Gasteiger partial charge in [0.15, 0.2) is 0 Å². The van der Waals surface area contributed by atoms with Gasteiger partial charge in [-0.05, 0) is 45.1 Å². The molecule has 0 fully saturated rings. The van der Waals surface area contributed by atoms with E-state index in [0.29, 0.717) is 0 Å². The summed E-state index contributed by atoms with van der Waals surface area (Å²) in [5.74, 6) is 0. The maximum absolute atomic E-state index is 5.51. The Morgan fingerprint density at radius 2 is 0.867 bits per heavy atom. The molecular formula is C24H52ClNO3Si. The molecule has 0 aromatic carbocycles. The first-order valence-corrected chi connectivity index (χ1v) is 14.2. The van der Waals surface area contributed by atoms with Crippen molar-refractivity contribution < 1.29 is 13.3 Å². The van der Waals surface area contributed by atoms with Crippen molar-refractivity contribution in [2.45, 2.75) is 115 Å². The Labute approximate surface area is 195 Å². The molecule has 4 nitrogen and oxygen atoms in total. The minimum atomic E-state index is -2.34. The molecule has 0 amide bonds. The normalized spacial score (nSPS) is 11.9. The van der Waals surface area contributed by atoms with Crippen LogP contribution in [0.2, 0.25) is 6.04 Å². The Kier molecular flexibility index (Phi) is 27.3. The molecule has 0 spiro atoms. The van der Waals surface area contributed by atoms with Crippen molar-refractivity contribution >= 4 is 21.2 Å². The highest BCUT2D eigenvalue weighted by Gasteiger charge is 2.36. The maximum Gasteiger partial charge on any atom is 0.500 e. The second kappa shape index (κ2) is 25.3. The lowest BCUT2D eigenvalue weighted by atomic mass is 10.1. The summed E-state index contributed by atoms with van der Waals surface area (Å²) in [6, 6.07) is 0.929. The van der Waals surface area contributed by atoms with E-state index in [1.165, 1.54) is 103 Å². The Morgan fingerprint density at radius 1 is 0.533 bits per heavy atom. The highest BCUT2D eigenvalue weighted by molar-refractivity contribution is 6.60. The van der Waals surface area contributed by atoms with Crippen LogP contribution < -0.4 is 5.73 Å². The smallest absolute Gasteiger partial charge is 0.377 e. The van der Waals surface area contributed by atoms with E-state index in [1.54, 1.807) is 21.3 Å². The molecule has 0 saturated heterocycles. The van der Waals surface area contributed by atoms with Gasteiger partial charge >= 0.3 is 8.80 Å². The van der Waals surface area contributed by atoms with E-state index in [9.17, 15) is 0 Å². The number of nitrogens with two attached hydrogens (primary N) is 1. The lowest BCUT2D eigenvalue weighted by molar-refractivity contribution is 0.122. The highest BCUT2D eigenvalue weighted by Crippen LogP contribution is 2.18. The molecule has 0 aromatic rings. The summed E-state index contributed by atoms with van der Waals surface area (Å²) in [5.41, 5.74) is 5.51. The maximum atomic E-state index is 5.51. The predicted molar refractivity (Wildman–Crippen MR) is 136 cm³/mol. The lowest BCUT2D eigenvalue weighted by Crippen LogP contribution is -2.42. The van der Waals surface area contributed by atoms with Crippen molar-refractivity contribution in [3.8, 4) is 0 Å². The zero-order valence-corrected chi connectivity index (χ0v) is 22.1. The number of hydrogen-bond acceptors (Lipinski definition) is 4. The van der Waals surface area contributed by atoms with Crippen LogP contribution in [0.4, 0.5) is 0 Å². The topological polar surface area (TPSA) is 53.7 Å². The highest BCUT2D eigenvalue weighted by atomic mass is 35.5. The fourth-order valence-electron chi connectivity index (χ4n) is 3.75. The molecule has 0 bridgehead atoms. The van der Waals surface area contributed by atoms with Crippen LogP contribution in [0.5, 0.6) is 0 Å². The van der Waals surface area contributed by atoms with Gasteiger partial charge in [0.25, 0.3) is 0 Å². The molecule has 30 heavy (non-hydrogen) atoms. The summed E-state index contributed by atoms with van der Waals surface area (Å²) in [6.45, 7) is 0.852. The van der Waals surface area contributed by atoms with Gasteiger partial charge in [-0.25, -0.2) is 0 Å². The number of unbranched alkanes of at least 4 members (excludes halogenated alkanes) is 15. The quantitative estimate of drug-likeness (QED) is 0.0967. The zero-order valence-electron chi connectivity index (χ0n) is 20.3. The van der Waals surface area contributed by atoms with Gasteiger partial charge in [-0.2, -0.15) is 0 Å². The SMILES string of the molecule is CO[Si](CCCCCCCCCCC/C=C\CCCCCCCCN)(OC)OC.Cl. The Morgan fingerprint density at radius 3 is 1.23 bits per heavy atom. The predicted octanol–water partition coefficient (Wildman–Crippen LogP) is 7.43. The molecular weight excluding hydrogens is 414 g/mol. The number of allylic oxidation sites excluding steroid dienone is 2. The number of rotatable bonds is 23. The Bertz CT molecular complexity index is 347. The van der Waals surface area contributed by atoms with Crippen molar-refractivity contribution in [2.75, 3.05) is 27.9 Å². The number of halogens is 1. The van der Waals surface area contributed by atoms with Crippen LogP contribution in [-0.2, 0) is 13.3 Å². The standard InChI is InChI=1S/C24H51NO3Si.ClH/c1-26-29(27-2,28-3)24-22-20-18-16-14-12-10-8-6-4-5-7-9-11-13-15-17-19-21-23-25;/h5,7H,4,6,8-25H2,1-3H3;1H/b7-5-;. The van der Waals surface area contributed by atoms with Crippen molar-refractivity contribution in [3.63, 3.8) is 0 Å². The van der Waals surface area contributed by atoms with Crippen LogP contribution in [0, 0.1) is 0 Å². The van der Waals surface area contributed by atoms with Gasteiger partial charge in [0.1, 0.15) is 0 Å². The fraction of sp³-hybridized carbons (Fsp3) is 0.917. The van der Waals surface area contributed by atoms with Gasteiger partial charge in [-0.15, -0.1) is 12.4 Å². The molecule has 0 aliphatic carbocycles. The molecule has 0 saturated carbocycles. The van der Waals surface area contributed by atoms with E-state index >= 15 is 0 Å². The van der Waals surface area contributed by atoms with E-state index in [-0.39, 0.29) is 12.4 Å². The lowest BCUT2D eigenvalue weighted by Gasteiger charge is -2.24. The molecule has 0 heterocycles. The van der Waals surface area contributed by atoms with Crippen LogP contribution in [-0.4, -0.2) is 36.7 Å². The van der Waals surface area contributed by atoms with Gasteiger partial charge in [-0.1, -0.05) is 82.8 Å². The molecule has 0 aromatic heterocycles. The Balaban J connectivity index is 0. The van der Waals surface area contributed by atoms with E-state index in [2.05, 4.69) is 12.2 Å². The van der Waals surface area contributed by atoms with E-state index < -0.39 is 8.80 Å². The third kappa shape index (κ3) is 20.0. The van der Waals surface area contributed by atoms with Crippen LogP contribution in [0.25, 0.3) is 0 Å². The van der Waals surface area contributed by atoms with Crippen molar-refractivity contribution in [3.05, 3.63) is 12.2 Å². The van der Waals surface area contributed by atoms with Gasteiger partial charge < -0.3 is 19.0 Å². The van der Waals surface area contributed by atoms with Crippen molar-refractivity contribution in [1.29, 1.82) is 0 Å². The summed E-state index contributed by atoms with van der Waals surface area (Å²) in [7, 11) is 2.75. The van der Waals surface area contributed by atoms with Gasteiger partial charge in [0, 0.05) is 27.4 Å². The second-order valence-electron chi connectivity index (χ2n) is 8.19. The van der Waals surface area contributed by atoms with Gasteiger partial charge in [0.05, 0.1) is 0 Å². The molecule has 0 aliphatic rings. The fourth-order valence-corrected chi connectivity index (χ4v) is 5.54. The average molecular weight is 466 g/mol. The summed E-state index contributed by atoms with van der Waals surface area (Å²) in [4.78, 5) is 0. The molecule has 0 rings (SSSR count). The summed E-state index contributed by atoms with van der Waals surface area (Å²) < 4.78 is 16.4. The van der Waals surface area contributed by atoms with E-state index in [0.717, 1.165) is 19.0 Å². The molecule has 182 valence electrons. The Hall–Kier alpha value is 0.0869. The first-order chi connectivity index (χ1) is 14.2. The largest absolute Gasteiger partial charge is 0.500 e. The second-order valence-corrected chi connectivity index (χ2v) is 11.3. The molecule has 0 aliphatic heterocycles. The van der Waals surface area contributed by atoms with E-state index in [1.807, 2.05) is 0 Å². The van der Waals surface area contributed by atoms with Crippen LogP contribution in [0.1, 0.15) is 109 Å². The third-order valence-electron chi connectivity index (χ3n) is 5.78. The van der Waals surface area contributed by atoms with Gasteiger partial charge in [0.2, 0.25) is 0 Å². The van der Waals surface area contributed by atoms with Crippen LogP contribution >= 0.6 is 12.4 Å². The summed E-state index contributed by atoms with van der Waals surface area (Å²) >= 11 is 0. The molecule has 0 radical (unpaired) electrons. The molecule has 0 unspecified atom stereocenters. The first kappa shape index (κ1) is 32.3. The third-order valence-corrected chi connectivity index (χ3v) is 8.61. The zero-order chi connectivity index (χ0) is 21.5. The molecule has 2 N–H and O–H groups in total. The minimum absolute atomic E-state index is 0. The van der Waals surface area contributed by atoms with E-state index in [4.69, 9.17) is 19.0 Å². The monoisotopic (exact) mass is 465 g/mol. The minimum Gasteiger partial charge on any atom is -0.377 e. The summed E-state index contributed by atoms with van der Waals surface area (Å²) in [5, 5.41) is 0.